The van der Waals surface area contributed by atoms with Crippen molar-refractivity contribution in [2.45, 2.75) is 359 Å². The molecule has 3 unspecified atom stereocenters. The van der Waals surface area contributed by atoms with Gasteiger partial charge in [0.25, 0.3) is 0 Å². The Morgan fingerprint density at radius 2 is 0.457 bits per heavy atom. The standard InChI is InChI=1S/C84H148N8O24/c1-75(2,3)107-65(97)52-90(53-66(98)108-76(4,5)6)58(71(103)113-81(19,20)21)37-40-62(94)87-46-35-47-89(64(96)42-39-60(73(105)115-83(25,26)27)92(56-69(101)111-79(13,14)15)57-70(102)112-80(16,17)18)51-50-88(45-34-44-86(48-49-87)61(93)36-32-31-33-43-85-74(106)116-84(28,29)30)63(95)41-38-59(72(104)114-82(22,23)24)91(54-67(99)109-77(7,8)9)55-68(100)110-78(10,11)12/h58-60H,31-57H2,1-30H3,(H,85,106). The van der Waals surface area contributed by atoms with Crippen molar-refractivity contribution in [1.82, 2.24) is 39.6 Å². The first kappa shape index (κ1) is 106. The quantitative estimate of drug-likeness (QED) is 0.0363. The molecule has 1 heterocycles. The van der Waals surface area contributed by atoms with E-state index in [9.17, 15) is 52.7 Å². The lowest BCUT2D eigenvalue weighted by Crippen LogP contribution is -2.51. The van der Waals surface area contributed by atoms with E-state index in [1.54, 1.807) is 213 Å². The lowest BCUT2D eigenvalue weighted by atomic mass is 10.1. The summed E-state index contributed by atoms with van der Waals surface area (Å²) in [6, 6.07) is -4.30. The van der Waals surface area contributed by atoms with Crippen LogP contribution in [0.15, 0.2) is 0 Å². The SMILES string of the molecule is CC(C)(C)OC(=O)CN(CC(=O)OC(C)(C)C)C(CCC(=O)N1CCCN(C(=O)CCC(C(=O)OC(C)(C)C)N(CC(=O)OC(C)(C)C)CC(=O)OC(C)(C)C)CCN(C(=O)CCC(C(=O)OC(C)(C)C)N(CC(=O)OC(C)(C)C)CC(=O)OC(C)(C)C)CCCN(C(=O)CCCCCNC(=O)OC(C)(C)C)CC1)C(=O)OC(C)(C)C. The van der Waals surface area contributed by atoms with Crippen LogP contribution in [-0.4, -0.2) is 290 Å². The smallest absolute Gasteiger partial charge is 0.407 e. The van der Waals surface area contributed by atoms with Crippen LogP contribution in [0.5, 0.6) is 0 Å². The molecule has 1 aliphatic rings. The van der Waals surface area contributed by atoms with Gasteiger partial charge in [-0.15, -0.1) is 0 Å². The van der Waals surface area contributed by atoms with Gasteiger partial charge < -0.3 is 72.3 Å². The number of esters is 9. The number of carbonyl (C=O) groups is 14. The van der Waals surface area contributed by atoms with Crippen molar-refractivity contribution in [1.29, 1.82) is 0 Å². The molecule has 5 amide bonds. The largest absolute Gasteiger partial charge is 0.459 e. The van der Waals surface area contributed by atoms with Crippen LogP contribution in [0, 0.1) is 0 Å². The van der Waals surface area contributed by atoms with Crippen LogP contribution in [0.4, 0.5) is 4.79 Å². The van der Waals surface area contributed by atoms with E-state index in [0.29, 0.717) is 19.3 Å². The van der Waals surface area contributed by atoms with E-state index in [-0.39, 0.29) is 103 Å². The second-order valence-corrected chi connectivity index (χ2v) is 39.5. The molecule has 1 saturated heterocycles. The van der Waals surface area contributed by atoms with Gasteiger partial charge in [-0.05, 0) is 253 Å². The molecule has 0 radical (unpaired) electrons. The summed E-state index contributed by atoms with van der Waals surface area (Å²) in [6.45, 7) is 45.5. The number of alkyl carbamates (subject to hydrolysis) is 1. The lowest BCUT2D eigenvalue weighted by molar-refractivity contribution is -0.171. The normalized spacial score (nSPS) is 15.2. The minimum atomic E-state index is -1.45. The van der Waals surface area contributed by atoms with Gasteiger partial charge in [0.2, 0.25) is 23.6 Å². The number of hydrogen-bond donors (Lipinski definition) is 1. The Balaban J connectivity index is 4.52. The van der Waals surface area contributed by atoms with Crippen molar-refractivity contribution in [3.8, 4) is 0 Å². The molecule has 0 bridgehead atoms. The molecule has 668 valence electrons. The summed E-state index contributed by atoms with van der Waals surface area (Å²) in [5.41, 5.74) is -9.94. The highest BCUT2D eigenvalue weighted by Crippen LogP contribution is 2.25. The molecule has 0 spiro atoms. The summed E-state index contributed by atoms with van der Waals surface area (Å²) < 4.78 is 57.2. The molecule has 32 nitrogen and oxygen atoms in total. The Kier molecular flexibility index (Phi) is 42.1. The Bertz CT molecular complexity index is 3160. The van der Waals surface area contributed by atoms with Gasteiger partial charge in [0.05, 0.1) is 39.3 Å². The monoisotopic (exact) mass is 1650 g/mol. The van der Waals surface area contributed by atoms with E-state index >= 15 is 14.4 Å². The molecule has 116 heavy (non-hydrogen) atoms. The van der Waals surface area contributed by atoms with Crippen molar-refractivity contribution >= 4 is 83.4 Å². The third kappa shape index (κ3) is 50.8. The van der Waals surface area contributed by atoms with Crippen LogP contribution in [0.2, 0.25) is 0 Å². The first-order chi connectivity index (χ1) is 52.5. The first-order valence-electron chi connectivity index (χ1n) is 40.8. The van der Waals surface area contributed by atoms with Crippen LogP contribution >= 0.6 is 0 Å². The van der Waals surface area contributed by atoms with Gasteiger partial charge in [0.1, 0.15) is 74.1 Å². The molecular weight excluding hydrogens is 1500 g/mol. The maximum atomic E-state index is 15.4. The summed E-state index contributed by atoms with van der Waals surface area (Å²) in [5, 5.41) is 2.73. The van der Waals surface area contributed by atoms with Crippen molar-refractivity contribution in [3.05, 3.63) is 0 Å². The number of amides is 5. The van der Waals surface area contributed by atoms with Gasteiger partial charge in [0.15, 0.2) is 0 Å². The molecule has 1 N–H and O–H groups in total. The highest BCUT2D eigenvalue weighted by molar-refractivity contribution is 5.85. The van der Waals surface area contributed by atoms with E-state index in [1.165, 1.54) is 29.4 Å². The Morgan fingerprint density at radius 1 is 0.259 bits per heavy atom. The average molecular weight is 1650 g/mol. The predicted octanol–water partition coefficient (Wildman–Crippen LogP) is 9.61. The maximum Gasteiger partial charge on any atom is 0.407 e. The first-order valence-corrected chi connectivity index (χ1v) is 40.8. The molecule has 32 heteroatoms. The number of nitrogens with one attached hydrogen (secondary N) is 1. The van der Waals surface area contributed by atoms with Gasteiger partial charge in [-0.2, -0.15) is 0 Å². The zero-order valence-electron chi connectivity index (χ0n) is 76.3. The molecule has 0 aromatic carbocycles. The Hall–Kier alpha value is -7.74. The van der Waals surface area contributed by atoms with Gasteiger partial charge >= 0.3 is 59.8 Å². The van der Waals surface area contributed by atoms with Crippen LogP contribution in [0.25, 0.3) is 0 Å². The molecule has 0 aromatic rings. The summed E-state index contributed by atoms with van der Waals surface area (Å²) in [4.78, 5) is 209. The highest BCUT2D eigenvalue weighted by atomic mass is 16.6. The summed E-state index contributed by atoms with van der Waals surface area (Å²) in [5.74, 6) is -9.32. The van der Waals surface area contributed by atoms with Crippen molar-refractivity contribution < 1.29 is 114 Å². The number of nitrogens with zero attached hydrogens (tertiary/aromatic N) is 7. The van der Waals surface area contributed by atoms with Gasteiger partial charge in [-0.25, -0.2) is 4.79 Å². The molecule has 1 rings (SSSR count). The predicted molar refractivity (Wildman–Crippen MR) is 435 cm³/mol. The van der Waals surface area contributed by atoms with Gasteiger partial charge in [-0.1, -0.05) is 6.42 Å². The molecule has 0 aliphatic carbocycles. The minimum Gasteiger partial charge on any atom is -0.459 e. The third-order valence-corrected chi connectivity index (χ3v) is 15.9. The molecular formula is C84H148N8O24. The zero-order valence-corrected chi connectivity index (χ0v) is 76.3. The van der Waals surface area contributed by atoms with Gasteiger partial charge in [0, 0.05) is 84.6 Å². The molecule has 3 atom stereocenters. The van der Waals surface area contributed by atoms with Crippen LogP contribution in [0.1, 0.15) is 285 Å². The van der Waals surface area contributed by atoms with E-state index in [0.717, 1.165) is 0 Å². The zero-order chi connectivity index (χ0) is 89.7. The maximum absolute atomic E-state index is 15.4. The molecule has 0 saturated carbocycles. The number of rotatable bonds is 33. The van der Waals surface area contributed by atoms with E-state index in [1.807, 2.05) is 0 Å². The van der Waals surface area contributed by atoms with E-state index in [4.69, 9.17) is 47.4 Å². The summed E-state index contributed by atoms with van der Waals surface area (Å²) >= 11 is 0. The average Bonchev–Trinajstić information content (AvgIpc) is 0.847. The lowest BCUT2D eigenvalue weighted by Gasteiger charge is -2.35. The summed E-state index contributed by atoms with van der Waals surface area (Å²) in [7, 11) is 0. The molecule has 1 aliphatic heterocycles. The fraction of sp³-hybridized carbons (Fsp3) is 0.833. The van der Waals surface area contributed by atoms with Crippen molar-refractivity contribution in [2.24, 2.45) is 0 Å². The summed E-state index contributed by atoms with van der Waals surface area (Å²) in [6.07, 6.45) is -1.23. The van der Waals surface area contributed by atoms with E-state index in [2.05, 4.69) is 5.32 Å². The van der Waals surface area contributed by atoms with Crippen LogP contribution in [-0.2, 0) is 110 Å². The number of unbranched alkanes of at least 4 members (excludes halogenated alkanes) is 2. The fourth-order valence-corrected chi connectivity index (χ4v) is 11.9. The Labute approximate surface area is 691 Å². The third-order valence-electron chi connectivity index (χ3n) is 15.9. The topological polar surface area (TPSA) is 366 Å². The van der Waals surface area contributed by atoms with Crippen molar-refractivity contribution in [3.63, 3.8) is 0 Å². The second-order valence-electron chi connectivity index (χ2n) is 39.5. The van der Waals surface area contributed by atoms with Crippen LogP contribution < -0.4 is 5.32 Å². The van der Waals surface area contributed by atoms with E-state index < -0.39 is 210 Å². The number of hydrogen-bond acceptors (Lipinski definition) is 27. The molecule has 0 aromatic heterocycles. The minimum absolute atomic E-state index is 0.00767. The van der Waals surface area contributed by atoms with Gasteiger partial charge in [-0.3, -0.25) is 77.0 Å². The Morgan fingerprint density at radius 3 is 0.655 bits per heavy atom. The highest BCUT2D eigenvalue weighted by Gasteiger charge is 2.41. The molecule has 1 fully saturated rings. The number of carbonyl (C=O) groups excluding carboxylic acids is 14. The van der Waals surface area contributed by atoms with Crippen molar-refractivity contribution in [2.75, 3.05) is 98.2 Å². The second kappa shape index (κ2) is 46.0. The van der Waals surface area contributed by atoms with Crippen LogP contribution in [0.3, 0.4) is 0 Å². The number of ether oxygens (including phenoxy) is 10. The fourth-order valence-electron chi connectivity index (χ4n) is 11.9.